The third kappa shape index (κ3) is 2.94. The number of alkyl halides is 2. The first-order chi connectivity index (χ1) is 8.54. The summed E-state index contributed by atoms with van der Waals surface area (Å²) in [6, 6.07) is -0.664. The predicted octanol–water partition coefficient (Wildman–Crippen LogP) is -1.07. The van der Waals surface area contributed by atoms with E-state index in [9.17, 15) is 9.50 Å². The molecule has 6 nitrogen and oxygen atoms in total. The first-order valence-corrected chi connectivity index (χ1v) is 7.30. The molecule has 0 radical (unpaired) electrons. The second-order valence-electron chi connectivity index (χ2n) is 4.73. The number of methoxy groups -OCH3 is 1. The molecular weight excluding hydrogens is 354 g/mol. The van der Waals surface area contributed by atoms with Crippen LogP contribution < -0.4 is 16.5 Å². The highest BCUT2D eigenvalue weighted by Gasteiger charge is 2.42. The van der Waals surface area contributed by atoms with Gasteiger partial charge in [0.1, 0.15) is 12.3 Å². The average molecular weight is 374 g/mol. The standard InChI is InChI=1S/C10H20FIN4O2/c1-18-10(17)6-2-3-16(15-6)9-7(11)8(13)5(12)4-14-9/h5-10,14-15,17H,2-4,13H2,1H3. The van der Waals surface area contributed by atoms with Crippen LogP contribution in [0.4, 0.5) is 4.39 Å². The molecule has 2 heterocycles. The van der Waals surface area contributed by atoms with Gasteiger partial charge in [-0.1, -0.05) is 22.6 Å². The summed E-state index contributed by atoms with van der Waals surface area (Å²) in [6.07, 6.45) is -1.74. The molecule has 2 fully saturated rings. The molecule has 18 heavy (non-hydrogen) atoms. The molecule has 0 aromatic heterocycles. The van der Waals surface area contributed by atoms with Crippen LogP contribution >= 0.6 is 22.6 Å². The fourth-order valence-electron chi connectivity index (χ4n) is 2.38. The van der Waals surface area contributed by atoms with Crippen molar-refractivity contribution in [3.63, 3.8) is 0 Å². The number of nitrogens with two attached hydrogens (primary N) is 1. The van der Waals surface area contributed by atoms with Crippen molar-refractivity contribution in [3.05, 3.63) is 0 Å². The third-order valence-electron chi connectivity index (χ3n) is 3.54. The average Bonchev–Trinajstić information content (AvgIpc) is 2.84. The largest absolute Gasteiger partial charge is 0.367 e. The summed E-state index contributed by atoms with van der Waals surface area (Å²) in [7, 11) is 1.45. The van der Waals surface area contributed by atoms with Crippen LogP contribution in [0.15, 0.2) is 0 Å². The zero-order valence-electron chi connectivity index (χ0n) is 10.2. The lowest BCUT2D eigenvalue weighted by atomic mass is 10.0. The van der Waals surface area contributed by atoms with E-state index in [2.05, 4.69) is 33.3 Å². The molecule has 0 saturated carbocycles. The normalized spacial score (nSPS) is 44.2. The summed E-state index contributed by atoms with van der Waals surface area (Å²) in [5.74, 6) is 0. The van der Waals surface area contributed by atoms with Crippen LogP contribution in [0.25, 0.3) is 0 Å². The molecule has 0 spiro atoms. The van der Waals surface area contributed by atoms with Crippen molar-refractivity contribution in [2.45, 2.75) is 41.1 Å². The third-order valence-corrected chi connectivity index (χ3v) is 4.81. The van der Waals surface area contributed by atoms with Gasteiger partial charge in [0.05, 0.1) is 12.1 Å². The Labute approximate surface area is 120 Å². The van der Waals surface area contributed by atoms with Gasteiger partial charge in [0.15, 0.2) is 6.29 Å². The molecule has 2 saturated heterocycles. The van der Waals surface area contributed by atoms with Gasteiger partial charge in [0.2, 0.25) is 0 Å². The number of aliphatic hydroxyl groups excluding tert-OH is 1. The van der Waals surface area contributed by atoms with Gasteiger partial charge in [-0.05, 0) is 6.42 Å². The summed E-state index contributed by atoms with van der Waals surface area (Å²) in [5, 5.41) is 14.5. The van der Waals surface area contributed by atoms with E-state index in [-0.39, 0.29) is 9.97 Å². The SMILES string of the molecule is COC(O)C1CCN(C2NCC(I)C(N)C2F)N1. The quantitative estimate of drug-likeness (QED) is 0.286. The van der Waals surface area contributed by atoms with Gasteiger partial charge in [-0.25, -0.2) is 14.8 Å². The Kier molecular flexibility index (Phi) is 5.14. The zero-order chi connectivity index (χ0) is 13.3. The van der Waals surface area contributed by atoms with Gasteiger partial charge in [-0.3, -0.25) is 5.32 Å². The number of rotatable bonds is 3. The van der Waals surface area contributed by atoms with E-state index in [0.29, 0.717) is 19.5 Å². The Morgan fingerprint density at radius 1 is 1.61 bits per heavy atom. The van der Waals surface area contributed by atoms with Crippen LogP contribution in [0.1, 0.15) is 6.42 Å². The topological polar surface area (TPSA) is 82.8 Å². The molecule has 5 N–H and O–H groups in total. The van der Waals surface area contributed by atoms with Gasteiger partial charge in [0.25, 0.3) is 0 Å². The van der Waals surface area contributed by atoms with Crippen molar-refractivity contribution < 1.29 is 14.2 Å². The number of hydrazine groups is 1. The monoisotopic (exact) mass is 374 g/mol. The lowest BCUT2D eigenvalue weighted by Gasteiger charge is -2.40. The molecule has 0 bridgehead atoms. The number of piperidine rings is 1. The highest BCUT2D eigenvalue weighted by Crippen LogP contribution is 2.22. The van der Waals surface area contributed by atoms with Crippen molar-refractivity contribution in [1.82, 2.24) is 15.8 Å². The second kappa shape index (κ2) is 6.25. The van der Waals surface area contributed by atoms with Crippen molar-refractivity contribution in [2.75, 3.05) is 20.2 Å². The lowest BCUT2D eigenvalue weighted by molar-refractivity contribution is -0.102. The first-order valence-electron chi connectivity index (χ1n) is 6.05. The van der Waals surface area contributed by atoms with Crippen molar-refractivity contribution in [2.24, 2.45) is 5.73 Å². The molecule has 2 rings (SSSR count). The predicted molar refractivity (Wildman–Crippen MR) is 73.7 cm³/mol. The summed E-state index contributed by atoms with van der Waals surface area (Å²) in [6.45, 7) is 1.34. The van der Waals surface area contributed by atoms with Gasteiger partial charge >= 0.3 is 0 Å². The van der Waals surface area contributed by atoms with Crippen LogP contribution in [0, 0.1) is 0 Å². The van der Waals surface area contributed by atoms with E-state index in [1.807, 2.05) is 0 Å². The summed E-state index contributed by atoms with van der Waals surface area (Å²) in [5.41, 5.74) is 8.92. The van der Waals surface area contributed by atoms with Crippen LogP contribution in [-0.4, -0.2) is 65.0 Å². The number of nitrogens with zero attached hydrogens (tertiary/aromatic N) is 1. The van der Waals surface area contributed by atoms with Crippen LogP contribution in [0.2, 0.25) is 0 Å². The minimum atomic E-state index is -1.13. The molecule has 0 aliphatic carbocycles. The highest BCUT2D eigenvalue weighted by molar-refractivity contribution is 14.1. The fraction of sp³-hybridized carbons (Fsp3) is 1.00. The number of hydrogen-bond donors (Lipinski definition) is 4. The molecule has 8 heteroatoms. The van der Waals surface area contributed by atoms with Crippen molar-refractivity contribution in [3.8, 4) is 0 Å². The Bertz CT molecular complexity index is 289. The van der Waals surface area contributed by atoms with E-state index in [4.69, 9.17) is 10.5 Å². The summed E-state index contributed by atoms with van der Waals surface area (Å²) in [4.78, 5) is 0. The maximum Gasteiger partial charge on any atom is 0.170 e. The number of nitrogens with one attached hydrogen (secondary N) is 2. The Morgan fingerprint density at radius 3 is 3.00 bits per heavy atom. The minimum absolute atomic E-state index is 0.0943. The molecule has 2 aliphatic heterocycles. The van der Waals surface area contributed by atoms with Crippen LogP contribution in [0.3, 0.4) is 0 Å². The van der Waals surface area contributed by atoms with Crippen LogP contribution in [0.5, 0.6) is 0 Å². The Balaban J connectivity index is 1.93. The smallest absolute Gasteiger partial charge is 0.170 e. The first kappa shape index (κ1) is 14.8. The van der Waals surface area contributed by atoms with Crippen LogP contribution in [-0.2, 0) is 4.74 Å². The molecular formula is C10H20FIN4O2. The van der Waals surface area contributed by atoms with E-state index < -0.39 is 24.7 Å². The van der Waals surface area contributed by atoms with Crippen molar-refractivity contribution >= 4 is 22.6 Å². The Morgan fingerprint density at radius 2 is 2.33 bits per heavy atom. The Hall–Kier alpha value is 0.420. The number of ether oxygens (including phenoxy) is 1. The van der Waals surface area contributed by atoms with Gasteiger partial charge in [-0.2, -0.15) is 0 Å². The maximum absolute atomic E-state index is 14.2. The van der Waals surface area contributed by atoms with Gasteiger partial charge in [0, 0.05) is 24.1 Å². The second-order valence-corrected chi connectivity index (χ2v) is 6.33. The molecule has 6 unspecified atom stereocenters. The van der Waals surface area contributed by atoms with E-state index in [1.165, 1.54) is 7.11 Å². The molecule has 0 aromatic rings. The number of hydrogen-bond acceptors (Lipinski definition) is 6. The van der Waals surface area contributed by atoms with Crippen molar-refractivity contribution in [1.29, 1.82) is 0 Å². The molecule has 2 aliphatic rings. The van der Waals surface area contributed by atoms with E-state index >= 15 is 0 Å². The van der Waals surface area contributed by atoms with Gasteiger partial charge in [-0.15, -0.1) is 0 Å². The summed E-state index contributed by atoms with van der Waals surface area (Å²) >= 11 is 2.17. The van der Waals surface area contributed by atoms with Gasteiger partial charge < -0.3 is 15.6 Å². The highest BCUT2D eigenvalue weighted by atomic mass is 127. The molecule has 0 amide bonds. The molecule has 0 aromatic carbocycles. The van der Waals surface area contributed by atoms with E-state index in [0.717, 1.165) is 0 Å². The number of aliphatic hydroxyl groups is 1. The van der Waals surface area contributed by atoms with E-state index in [1.54, 1.807) is 5.01 Å². The maximum atomic E-state index is 14.2. The zero-order valence-corrected chi connectivity index (χ0v) is 12.4. The number of halogens is 2. The molecule has 106 valence electrons. The minimum Gasteiger partial charge on any atom is -0.367 e. The fourth-order valence-corrected chi connectivity index (χ4v) is 3.04. The molecule has 6 atom stereocenters. The summed E-state index contributed by atoms with van der Waals surface area (Å²) < 4.78 is 19.1. The lowest BCUT2D eigenvalue weighted by Crippen LogP contribution is -2.67.